The summed E-state index contributed by atoms with van der Waals surface area (Å²) in [4.78, 5) is 27.2. The topological polar surface area (TPSA) is 81.0 Å². The van der Waals surface area contributed by atoms with Crippen molar-refractivity contribution in [3.05, 3.63) is 59.6 Å². The first-order valence-electron chi connectivity index (χ1n) is 13.4. The zero-order valence-corrected chi connectivity index (χ0v) is 22.1. The Bertz CT molecular complexity index is 1170. The molecule has 0 bridgehead atoms. The van der Waals surface area contributed by atoms with E-state index in [1.165, 1.54) is 19.8 Å². The smallest absolute Gasteiger partial charge is 0.308 e. The average Bonchev–Trinajstić information content (AvgIpc) is 3.60. The van der Waals surface area contributed by atoms with E-state index in [0.29, 0.717) is 5.75 Å². The van der Waals surface area contributed by atoms with Crippen molar-refractivity contribution in [1.29, 1.82) is 0 Å². The number of methoxy groups -OCH3 is 1. The number of fused-ring (bicyclic) bond motifs is 1. The van der Waals surface area contributed by atoms with Crippen molar-refractivity contribution in [2.45, 2.75) is 69.4 Å². The van der Waals surface area contributed by atoms with Crippen molar-refractivity contribution in [2.24, 2.45) is 5.92 Å². The second kappa shape index (κ2) is 10.5. The predicted octanol–water partition coefficient (Wildman–Crippen LogP) is 4.63. The van der Waals surface area contributed by atoms with Gasteiger partial charge in [0.25, 0.3) is 0 Å². The van der Waals surface area contributed by atoms with Crippen molar-refractivity contribution >= 4 is 18.0 Å². The van der Waals surface area contributed by atoms with Crippen LogP contribution < -0.4 is 10.1 Å². The molecule has 0 radical (unpaired) electrons. The van der Waals surface area contributed by atoms with Gasteiger partial charge in [-0.15, -0.1) is 0 Å². The lowest BCUT2D eigenvalue weighted by atomic mass is 9.55. The van der Waals surface area contributed by atoms with Gasteiger partial charge >= 0.3 is 5.97 Å². The highest BCUT2D eigenvalue weighted by Gasteiger charge is 2.59. The SMILES string of the molecule is CO[C@]12CC[C@H](NC(=O)/C=C/c3ccoc3C)C[C@]1(c1cccc(OC(C)=O)c1)CCN(CC1CC1)C2. The molecule has 7 nitrogen and oxygen atoms in total. The Labute approximate surface area is 219 Å². The summed E-state index contributed by atoms with van der Waals surface area (Å²) >= 11 is 0. The van der Waals surface area contributed by atoms with E-state index in [-0.39, 0.29) is 28.9 Å². The van der Waals surface area contributed by atoms with Crippen LogP contribution in [0.25, 0.3) is 6.08 Å². The fraction of sp³-hybridized carbons (Fsp3) is 0.533. The van der Waals surface area contributed by atoms with Gasteiger partial charge in [-0.3, -0.25) is 9.59 Å². The molecule has 1 aromatic heterocycles. The maximum absolute atomic E-state index is 12.9. The van der Waals surface area contributed by atoms with Crippen LogP contribution in [0.4, 0.5) is 0 Å². The first-order valence-corrected chi connectivity index (χ1v) is 13.4. The third-order valence-electron chi connectivity index (χ3n) is 8.61. The van der Waals surface area contributed by atoms with Gasteiger partial charge in [-0.25, -0.2) is 0 Å². The average molecular weight is 507 g/mol. The summed E-state index contributed by atoms with van der Waals surface area (Å²) in [5, 5.41) is 3.26. The van der Waals surface area contributed by atoms with Crippen LogP contribution in [0.1, 0.15) is 62.3 Å². The molecule has 2 aliphatic carbocycles. The molecule has 198 valence electrons. The third kappa shape index (κ3) is 5.39. The fourth-order valence-electron chi connectivity index (χ4n) is 6.54. The quantitative estimate of drug-likeness (QED) is 0.319. The summed E-state index contributed by atoms with van der Waals surface area (Å²) in [5.41, 5.74) is 1.33. The summed E-state index contributed by atoms with van der Waals surface area (Å²) in [5.74, 6) is 1.71. The highest BCUT2D eigenvalue weighted by molar-refractivity contribution is 5.92. The molecule has 3 aliphatic rings. The van der Waals surface area contributed by atoms with Crippen LogP contribution in [0, 0.1) is 12.8 Å². The number of likely N-dealkylation sites (tertiary alicyclic amines) is 1. The zero-order chi connectivity index (χ0) is 26.0. The molecule has 1 saturated heterocycles. The lowest BCUT2D eigenvalue weighted by Gasteiger charge is -2.60. The van der Waals surface area contributed by atoms with Crippen molar-refractivity contribution in [3.63, 3.8) is 0 Å². The third-order valence-corrected chi connectivity index (χ3v) is 8.61. The Balaban J connectivity index is 1.42. The van der Waals surface area contributed by atoms with E-state index in [9.17, 15) is 9.59 Å². The van der Waals surface area contributed by atoms with Crippen LogP contribution in [0.2, 0.25) is 0 Å². The highest BCUT2D eigenvalue weighted by Crippen LogP contribution is 2.54. The summed E-state index contributed by atoms with van der Waals surface area (Å²) in [7, 11) is 1.83. The Morgan fingerprint density at radius 1 is 1.22 bits per heavy atom. The number of ether oxygens (including phenoxy) is 2. The maximum atomic E-state index is 12.9. The molecule has 1 aliphatic heterocycles. The Hall–Kier alpha value is -2.90. The van der Waals surface area contributed by atoms with Gasteiger partial charge in [0.2, 0.25) is 5.91 Å². The van der Waals surface area contributed by atoms with E-state index in [0.717, 1.165) is 68.1 Å². The molecule has 1 aromatic carbocycles. The number of hydrogen-bond donors (Lipinski definition) is 1. The lowest BCUT2D eigenvalue weighted by molar-refractivity contribution is -0.150. The molecule has 3 fully saturated rings. The molecule has 2 heterocycles. The van der Waals surface area contributed by atoms with Crippen LogP contribution in [-0.2, 0) is 19.7 Å². The van der Waals surface area contributed by atoms with E-state index >= 15 is 0 Å². The standard InChI is InChI=1S/C30H38N2O5/c1-21-24(12-16-36-21)9-10-28(34)31-26-11-13-30(35-3)20-32(19-23-7-8-23)15-14-29(30,18-26)25-5-4-6-27(17-25)37-22(2)33/h4-6,9-10,12,16-17,23,26H,7-8,11,13-15,18-20H2,1-3H3,(H,31,34)/b10-9+/t26-,29-,30-/m0/s1. The van der Waals surface area contributed by atoms with Gasteiger partial charge in [0.05, 0.1) is 11.9 Å². The number of hydrogen-bond acceptors (Lipinski definition) is 6. The van der Waals surface area contributed by atoms with Gasteiger partial charge in [0, 0.05) is 50.2 Å². The summed E-state index contributed by atoms with van der Waals surface area (Å²) in [6.07, 6.45) is 11.0. The molecular weight excluding hydrogens is 468 g/mol. The fourth-order valence-corrected chi connectivity index (χ4v) is 6.54. The number of amides is 1. The number of esters is 1. The number of nitrogens with zero attached hydrogens (tertiary/aromatic N) is 1. The van der Waals surface area contributed by atoms with Gasteiger partial charge in [-0.2, -0.15) is 0 Å². The summed E-state index contributed by atoms with van der Waals surface area (Å²) in [6.45, 7) is 6.29. The molecule has 3 atom stereocenters. The number of nitrogens with one attached hydrogen (secondary N) is 1. The van der Waals surface area contributed by atoms with E-state index in [4.69, 9.17) is 13.9 Å². The first kappa shape index (κ1) is 25.7. The van der Waals surface area contributed by atoms with Gasteiger partial charge in [-0.1, -0.05) is 12.1 Å². The first-order chi connectivity index (χ1) is 17.8. The Kier molecular flexibility index (Phi) is 7.28. The lowest BCUT2D eigenvalue weighted by Crippen LogP contribution is -2.68. The molecular formula is C30H38N2O5. The van der Waals surface area contributed by atoms with E-state index in [1.807, 2.05) is 38.3 Å². The Morgan fingerprint density at radius 3 is 2.76 bits per heavy atom. The second-order valence-corrected chi connectivity index (χ2v) is 11.0. The van der Waals surface area contributed by atoms with Crippen LogP contribution in [0.15, 0.2) is 47.1 Å². The van der Waals surface area contributed by atoms with Crippen molar-refractivity contribution in [2.75, 3.05) is 26.7 Å². The number of carbonyl (C=O) groups is 2. The molecule has 0 spiro atoms. The normalized spacial score (nSPS) is 28.1. The minimum Gasteiger partial charge on any atom is -0.469 e. The summed E-state index contributed by atoms with van der Waals surface area (Å²) < 4.78 is 17.3. The molecule has 37 heavy (non-hydrogen) atoms. The number of rotatable bonds is 8. The number of furan rings is 1. The van der Waals surface area contributed by atoms with Gasteiger partial charge < -0.3 is 24.1 Å². The van der Waals surface area contributed by atoms with E-state index in [2.05, 4.69) is 16.3 Å². The minimum atomic E-state index is -0.375. The van der Waals surface area contributed by atoms with E-state index < -0.39 is 0 Å². The van der Waals surface area contributed by atoms with Gasteiger partial charge in [-0.05, 0) is 87.7 Å². The zero-order valence-electron chi connectivity index (χ0n) is 22.1. The molecule has 5 rings (SSSR count). The Morgan fingerprint density at radius 2 is 2.05 bits per heavy atom. The van der Waals surface area contributed by atoms with Crippen molar-refractivity contribution in [3.8, 4) is 5.75 Å². The highest BCUT2D eigenvalue weighted by atomic mass is 16.5. The molecule has 1 amide bonds. The number of piperidine rings is 1. The summed E-state index contributed by atoms with van der Waals surface area (Å²) in [6, 6.07) is 9.77. The van der Waals surface area contributed by atoms with Crippen LogP contribution in [-0.4, -0.2) is 55.2 Å². The monoisotopic (exact) mass is 506 g/mol. The molecule has 2 aromatic rings. The van der Waals surface area contributed by atoms with Gasteiger partial charge in [0.15, 0.2) is 0 Å². The number of benzene rings is 1. The number of aryl methyl sites for hydroxylation is 1. The minimum absolute atomic E-state index is 0.0123. The van der Waals surface area contributed by atoms with Gasteiger partial charge in [0.1, 0.15) is 11.5 Å². The van der Waals surface area contributed by atoms with Crippen LogP contribution in [0.5, 0.6) is 5.75 Å². The van der Waals surface area contributed by atoms with E-state index in [1.54, 1.807) is 18.4 Å². The largest absolute Gasteiger partial charge is 0.469 e. The van der Waals surface area contributed by atoms with Crippen LogP contribution >= 0.6 is 0 Å². The molecule has 2 saturated carbocycles. The van der Waals surface area contributed by atoms with Crippen LogP contribution in [0.3, 0.4) is 0 Å². The molecule has 7 heteroatoms. The van der Waals surface area contributed by atoms with Crippen molar-refractivity contribution < 1.29 is 23.5 Å². The molecule has 1 N–H and O–H groups in total. The predicted molar refractivity (Wildman–Crippen MR) is 141 cm³/mol. The maximum Gasteiger partial charge on any atom is 0.308 e. The van der Waals surface area contributed by atoms with Crippen molar-refractivity contribution in [1.82, 2.24) is 10.2 Å². The second-order valence-electron chi connectivity index (χ2n) is 11.0. The molecule has 0 unspecified atom stereocenters. The number of carbonyl (C=O) groups excluding carboxylic acids is 2.